The highest BCUT2D eigenvalue weighted by atomic mass is 35.5. The highest BCUT2D eigenvalue weighted by Crippen LogP contribution is 2.23. The van der Waals surface area contributed by atoms with Gasteiger partial charge in [0.15, 0.2) is 0 Å². The van der Waals surface area contributed by atoms with E-state index in [9.17, 15) is 9.59 Å². The van der Waals surface area contributed by atoms with Gasteiger partial charge >= 0.3 is 11.9 Å². The molecule has 2 rings (SSSR count). The van der Waals surface area contributed by atoms with Crippen molar-refractivity contribution in [3.63, 3.8) is 0 Å². The van der Waals surface area contributed by atoms with Gasteiger partial charge in [-0.1, -0.05) is 23.2 Å². The topological polar surface area (TPSA) is 72.8 Å². The highest BCUT2D eigenvalue weighted by molar-refractivity contribution is 6.32. The summed E-state index contributed by atoms with van der Waals surface area (Å²) in [5, 5.41) is 9.97. The van der Waals surface area contributed by atoms with E-state index >= 15 is 0 Å². The number of aryl methyl sites for hydroxylation is 1. The van der Waals surface area contributed by atoms with Gasteiger partial charge in [-0.05, 0) is 48.9 Å². The zero-order valence-electron chi connectivity index (χ0n) is 13.3. The van der Waals surface area contributed by atoms with Crippen molar-refractivity contribution in [3.05, 3.63) is 63.1 Å². The third kappa shape index (κ3) is 5.44. The maximum absolute atomic E-state index is 11.0. The van der Waals surface area contributed by atoms with Crippen molar-refractivity contribution in [2.45, 2.75) is 6.92 Å². The number of halogens is 2. The van der Waals surface area contributed by atoms with Gasteiger partial charge in [0.05, 0.1) is 30.4 Å². The van der Waals surface area contributed by atoms with Crippen molar-refractivity contribution in [2.24, 2.45) is 0 Å². The lowest BCUT2D eigenvalue weighted by Crippen LogP contribution is -2.00. The summed E-state index contributed by atoms with van der Waals surface area (Å²) in [6, 6.07) is 9.20. The van der Waals surface area contributed by atoms with E-state index in [-0.39, 0.29) is 22.3 Å². The molecule has 0 aromatic heterocycles. The van der Waals surface area contributed by atoms with Gasteiger partial charge in [-0.15, -0.1) is 0 Å². The van der Waals surface area contributed by atoms with Crippen LogP contribution in [0.3, 0.4) is 0 Å². The number of carbonyl (C=O) groups excluding carboxylic acids is 2. The van der Waals surface area contributed by atoms with Crippen molar-refractivity contribution in [3.8, 4) is 5.75 Å². The highest BCUT2D eigenvalue weighted by Gasteiger charge is 2.07. The molecule has 0 unspecified atom stereocenters. The molecule has 128 valence electrons. The third-order valence-corrected chi connectivity index (χ3v) is 3.69. The number of carbonyl (C=O) groups is 2. The molecule has 0 aliphatic rings. The molecule has 0 radical (unpaired) electrons. The van der Waals surface area contributed by atoms with Crippen LogP contribution in [0.25, 0.3) is 0 Å². The van der Waals surface area contributed by atoms with Gasteiger partial charge in [-0.2, -0.15) is 0 Å². The van der Waals surface area contributed by atoms with Crippen LogP contribution < -0.4 is 0 Å². The molecule has 0 saturated carbocycles. The van der Waals surface area contributed by atoms with Crippen molar-refractivity contribution >= 4 is 35.1 Å². The van der Waals surface area contributed by atoms with Gasteiger partial charge < -0.3 is 14.6 Å². The SMILES string of the molecule is COC(=O)c1ccc(Cl)c(C)c1.COC(=O)c1ccc(Cl)c(O)c1. The summed E-state index contributed by atoms with van der Waals surface area (Å²) < 4.78 is 8.99. The van der Waals surface area contributed by atoms with E-state index in [0.29, 0.717) is 10.6 Å². The predicted molar refractivity (Wildman–Crippen MR) is 92.0 cm³/mol. The molecule has 2 aromatic rings. The Morgan fingerprint density at radius 2 is 1.33 bits per heavy atom. The van der Waals surface area contributed by atoms with Crippen LogP contribution in [-0.4, -0.2) is 31.3 Å². The summed E-state index contributed by atoms with van der Waals surface area (Å²) in [5.41, 5.74) is 1.68. The smallest absolute Gasteiger partial charge is 0.337 e. The first-order valence-corrected chi connectivity index (χ1v) is 7.47. The minimum Gasteiger partial charge on any atom is -0.506 e. The Morgan fingerprint density at radius 3 is 1.75 bits per heavy atom. The molecule has 5 nitrogen and oxygen atoms in total. The van der Waals surface area contributed by atoms with Crippen LogP contribution in [-0.2, 0) is 9.47 Å². The van der Waals surface area contributed by atoms with Gasteiger partial charge in [0, 0.05) is 5.02 Å². The Labute approximate surface area is 149 Å². The second kappa shape index (κ2) is 9.15. The average molecular weight is 371 g/mol. The molecular formula is C17H16Cl2O5. The van der Waals surface area contributed by atoms with Crippen LogP contribution in [0.2, 0.25) is 10.0 Å². The molecule has 0 bridgehead atoms. The molecule has 0 aliphatic heterocycles. The number of esters is 2. The Kier molecular flexibility index (Phi) is 7.55. The molecule has 1 N–H and O–H groups in total. The van der Waals surface area contributed by atoms with E-state index < -0.39 is 5.97 Å². The Balaban J connectivity index is 0.000000240. The first kappa shape index (κ1) is 19.8. The number of rotatable bonds is 2. The van der Waals surface area contributed by atoms with Gasteiger partial charge in [-0.3, -0.25) is 0 Å². The van der Waals surface area contributed by atoms with Crippen molar-refractivity contribution < 1.29 is 24.2 Å². The van der Waals surface area contributed by atoms with Crippen LogP contribution in [0, 0.1) is 6.92 Å². The number of phenolic OH excluding ortho intramolecular Hbond substituents is 1. The van der Waals surface area contributed by atoms with Gasteiger partial charge in [0.1, 0.15) is 5.75 Å². The lowest BCUT2D eigenvalue weighted by molar-refractivity contribution is 0.0591. The number of benzene rings is 2. The molecule has 0 heterocycles. The molecule has 24 heavy (non-hydrogen) atoms. The second-order valence-electron chi connectivity index (χ2n) is 4.61. The summed E-state index contributed by atoms with van der Waals surface area (Å²) in [6.07, 6.45) is 0. The number of phenols is 1. The van der Waals surface area contributed by atoms with Crippen LogP contribution >= 0.6 is 23.2 Å². The maximum Gasteiger partial charge on any atom is 0.337 e. The van der Waals surface area contributed by atoms with Crippen molar-refractivity contribution in [1.29, 1.82) is 0 Å². The predicted octanol–water partition coefficient (Wildman–Crippen LogP) is 4.27. The first-order chi connectivity index (χ1) is 11.3. The zero-order valence-corrected chi connectivity index (χ0v) is 14.8. The quantitative estimate of drug-likeness (QED) is 0.799. The summed E-state index contributed by atoms with van der Waals surface area (Å²) in [5.74, 6) is -0.962. The fraction of sp³-hybridized carbons (Fsp3) is 0.176. The van der Waals surface area contributed by atoms with E-state index in [4.69, 9.17) is 28.3 Å². The fourth-order valence-electron chi connectivity index (χ4n) is 1.65. The van der Waals surface area contributed by atoms with Crippen LogP contribution in [0.4, 0.5) is 0 Å². The molecule has 0 saturated heterocycles. The standard InChI is InChI=1S/C9H9ClO2.C8H7ClO3/c1-6-5-7(9(11)12-2)3-4-8(6)10;1-12-8(11)5-2-3-6(9)7(10)4-5/h3-5H,1-2H3;2-4,10H,1H3. The second-order valence-corrected chi connectivity index (χ2v) is 5.43. The van der Waals surface area contributed by atoms with Crippen molar-refractivity contribution in [2.75, 3.05) is 14.2 Å². The molecule has 0 spiro atoms. The number of hydrogen-bond donors (Lipinski definition) is 1. The molecule has 7 heteroatoms. The van der Waals surface area contributed by atoms with Gasteiger partial charge in [0.2, 0.25) is 0 Å². The Bertz CT molecular complexity index is 680. The Hall–Kier alpha value is -2.24. The minimum atomic E-state index is -0.498. The van der Waals surface area contributed by atoms with Crippen molar-refractivity contribution in [1.82, 2.24) is 0 Å². The monoisotopic (exact) mass is 370 g/mol. The molecule has 0 aliphatic carbocycles. The van der Waals surface area contributed by atoms with E-state index in [0.717, 1.165) is 5.56 Å². The maximum atomic E-state index is 11.0. The number of aromatic hydroxyl groups is 1. The summed E-state index contributed by atoms with van der Waals surface area (Å²) >= 11 is 11.3. The largest absolute Gasteiger partial charge is 0.506 e. The van der Waals surface area contributed by atoms with Gasteiger partial charge in [0.25, 0.3) is 0 Å². The molecule has 0 atom stereocenters. The van der Waals surface area contributed by atoms with Crippen LogP contribution in [0.1, 0.15) is 26.3 Å². The number of methoxy groups -OCH3 is 2. The average Bonchev–Trinajstić information content (AvgIpc) is 2.58. The van der Waals surface area contributed by atoms with E-state index in [1.54, 1.807) is 18.2 Å². The van der Waals surface area contributed by atoms with Gasteiger partial charge in [-0.25, -0.2) is 9.59 Å². The minimum absolute atomic E-state index is 0.125. The van der Waals surface area contributed by atoms with Crippen LogP contribution in [0.15, 0.2) is 36.4 Å². The number of ether oxygens (including phenoxy) is 2. The summed E-state index contributed by atoms with van der Waals surface area (Å²) in [7, 11) is 2.63. The lowest BCUT2D eigenvalue weighted by Gasteiger charge is -2.01. The number of hydrogen-bond acceptors (Lipinski definition) is 5. The fourth-order valence-corrected chi connectivity index (χ4v) is 1.88. The van der Waals surface area contributed by atoms with E-state index in [2.05, 4.69) is 9.47 Å². The normalized spacial score (nSPS) is 9.54. The first-order valence-electron chi connectivity index (χ1n) is 6.71. The van der Waals surface area contributed by atoms with E-state index in [1.165, 1.54) is 32.4 Å². The molecule has 0 amide bonds. The third-order valence-electron chi connectivity index (χ3n) is 2.95. The molecule has 2 aromatic carbocycles. The lowest BCUT2D eigenvalue weighted by atomic mass is 10.1. The summed E-state index contributed by atoms with van der Waals surface area (Å²) in [6.45, 7) is 1.84. The summed E-state index contributed by atoms with van der Waals surface area (Å²) in [4.78, 5) is 21.9. The Morgan fingerprint density at radius 1 is 0.875 bits per heavy atom. The van der Waals surface area contributed by atoms with E-state index in [1.807, 2.05) is 6.92 Å². The molecular weight excluding hydrogens is 355 g/mol. The zero-order chi connectivity index (χ0) is 18.3. The molecule has 0 fully saturated rings. The van der Waals surface area contributed by atoms with Crippen LogP contribution in [0.5, 0.6) is 5.75 Å².